The molecule has 2 unspecified atom stereocenters. The van der Waals surface area contributed by atoms with E-state index in [2.05, 4.69) is 21.7 Å². The van der Waals surface area contributed by atoms with Gasteiger partial charge < -0.3 is 21.3 Å². The molecule has 2 aromatic carbocycles. The number of hydrogen-bond donors (Lipinski definition) is 3. The van der Waals surface area contributed by atoms with Gasteiger partial charge in [0.25, 0.3) is 11.8 Å². The van der Waals surface area contributed by atoms with Crippen molar-refractivity contribution in [3.8, 4) is 6.07 Å². The zero-order chi connectivity index (χ0) is 32.3. The number of carbonyl (C=O) groups is 4. The highest BCUT2D eigenvalue weighted by Gasteiger charge is 2.68. The van der Waals surface area contributed by atoms with Crippen molar-refractivity contribution in [3.63, 3.8) is 0 Å². The highest BCUT2D eigenvalue weighted by Crippen LogP contribution is 2.59. The number of benzene rings is 2. The van der Waals surface area contributed by atoms with E-state index >= 15 is 0 Å². The zero-order valence-electron chi connectivity index (χ0n) is 25.2. The monoisotopic (exact) mass is 611 g/mol. The Kier molecular flexibility index (Phi) is 7.22. The number of likely N-dealkylation sites (tertiary alicyclic amines) is 1. The van der Waals surface area contributed by atoms with Gasteiger partial charge in [0.15, 0.2) is 0 Å². The average Bonchev–Trinajstić information content (AvgIpc) is 3.50. The van der Waals surface area contributed by atoms with Crippen LogP contribution in [0.15, 0.2) is 59.2 Å². The van der Waals surface area contributed by atoms with Crippen LogP contribution >= 0.6 is 0 Å². The number of rotatable bonds is 7. The number of amides is 4. The van der Waals surface area contributed by atoms with Crippen molar-refractivity contribution < 1.29 is 23.6 Å². The number of nitrogens with one attached hydrogen (secondary N) is 2. The number of nitriles is 1. The highest BCUT2D eigenvalue weighted by molar-refractivity contribution is 6.14. The van der Waals surface area contributed by atoms with Crippen LogP contribution in [0.3, 0.4) is 0 Å². The van der Waals surface area contributed by atoms with E-state index < -0.39 is 52.5 Å². The van der Waals surface area contributed by atoms with Crippen LogP contribution in [-0.4, -0.2) is 66.0 Å². The molecule has 4 amide bonds. The second kappa shape index (κ2) is 10.8. The molecular formula is C33H34FN7O4. The van der Waals surface area contributed by atoms with Crippen molar-refractivity contribution in [2.75, 3.05) is 23.8 Å². The molecule has 1 spiro atoms. The largest absolute Gasteiger partial charge is 0.394 e. The molecule has 232 valence electrons. The first-order chi connectivity index (χ1) is 21.5. The Bertz CT molecular complexity index is 1730. The summed E-state index contributed by atoms with van der Waals surface area (Å²) < 4.78 is 14.8. The van der Waals surface area contributed by atoms with Gasteiger partial charge in [-0.15, -0.1) is 0 Å². The van der Waals surface area contributed by atoms with E-state index in [0.29, 0.717) is 16.8 Å². The molecule has 0 radical (unpaired) electrons. The summed E-state index contributed by atoms with van der Waals surface area (Å²) >= 11 is 0. The van der Waals surface area contributed by atoms with Gasteiger partial charge in [0, 0.05) is 37.8 Å². The molecule has 45 heavy (non-hydrogen) atoms. The average molecular weight is 612 g/mol. The summed E-state index contributed by atoms with van der Waals surface area (Å²) in [5.41, 5.74) is 5.52. The van der Waals surface area contributed by atoms with Crippen LogP contribution in [0.25, 0.3) is 0 Å². The normalized spacial score (nSPS) is 27.2. The fourth-order valence-electron chi connectivity index (χ4n) is 7.17. The fraction of sp³-hybridized carbons (Fsp3) is 0.394. The minimum Gasteiger partial charge on any atom is -0.394 e. The molecule has 11 nitrogen and oxygen atoms in total. The molecule has 6 rings (SSSR count). The Morgan fingerprint density at radius 1 is 1.24 bits per heavy atom. The Labute approximate surface area is 259 Å². The van der Waals surface area contributed by atoms with Crippen molar-refractivity contribution in [2.45, 2.75) is 62.1 Å². The molecular weight excluding hydrogens is 577 g/mol. The first kappa shape index (κ1) is 30.0. The van der Waals surface area contributed by atoms with E-state index in [1.54, 1.807) is 18.2 Å². The number of para-hydroxylation sites is 1. The van der Waals surface area contributed by atoms with Crippen LogP contribution in [0.2, 0.25) is 0 Å². The van der Waals surface area contributed by atoms with E-state index in [0.717, 1.165) is 0 Å². The van der Waals surface area contributed by atoms with Gasteiger partial charge in [0.2, 0.25) is 11.8 Å². The zero-order valence-corrected chi connectivity index (χ0v) is 25.2. The second-order valence-electron chi connectivity index (χ2n) is 12.6. The molecule has 5 atom stereocenters. The van der Waals surface area contributed by atoms with Gasteiger partial charge in [0.1, 0.15) is 23.4 Å². The molecule has 1 saturated heterocycles. The number of nitrogens with zero attached hydrogens (tertiary/aromatic N) is 4. The van der Waals surface area contributed by atoms with Gasteiger partial charge in [-0.05, 0) is 54.2 Å². The molecule has 12 heteroatoms. The summed E-state index contributed by atoms with van der Waals surface area (Å²) in [5, 5.41) is 15.9. The van der Waals surface area contributed by atoms with Gasteiger partial charge in [-0.3, -0.25) is 29.1 Å². The summed E-state index contributed by atoms with van der Waals surface area (Å²) in [7, 11) is 1.53. The molecule has 1 aliphatic carbocycles. The molecule has 4 N–H and O–H groups in total. The van der Waals surface area contributed by atoms with E-state index in [1.165, 1.54) is 41.3 Å². The maximum Gasteiger partial charge on any atom is 0.268 e. The molecule has 1 saturated carbocycles. The first-order valence-corrected chi connectivity index (χ1v) is 14.9. The lowest BCUT2D eigenvalue weighted by Crippen LogP contribution is -2.61. The number of anilines is 2. The number of carbonyl (C=O) groups excluding carboxylic acids is 4. The van der Waals surface area contributed by atoms with Crippen molar-refractivity contribution in [2.24, 2.45) is 16.6 Å². The smallest absolute Gasteiger partial charge is 0.268 e. The standard InChI is InChI=1S/C33H34FN7O4/c1-18(2)12-27(29(43)40-17-32(14-20(40)16-35)22-6-4-5-7-25(22)38-30(32)44)41-26-13-19(34)8-9-21(26)23-15-33(23,31(41)45)39-28(42)24(36)10-11-37-3/h4-11,13,18,20,23,27H,12,14-15,17,36H2,1-3H3,(H,38,44)(H,39,42)/t20-,23?,27-,32-,33?/m0/s1. The predicted octanol–water partition coefficient (Wildman–Crippen LogP) is 2.49. The lowest BCUT2D eigenvalue weighted by molar-refractivity contribution is -0.136. The number of hydrogen-bond acceptors (Lipinski definition) is 7. The van der Waals surface area contributed by atoms with E-state index in [1.807, 2.05) is 26.0 Å². The molecule has 2 fully saturated rings. The highest BCUT2D eigenvalue weighted by atomic mass is 19.1. The Morgan fingerprint density at radius 3 is 2.71 bits per heavy atom. The quantitative estimate of drug-likeness (QED) is 0.322. The molecule has 2 aromatic rings. The number of nitrogens with two attached hydrogens (primary N) is 1. The molecule has 0 bridgehead atoms. The van der Waals surface area contributed by atoms with Crippen molar-refractivity contribution >= 4 is 41.2 Å². The molecule has 3 aliphatic heterocycles. The van der Waals surface area contributed by atoms with Crippen molar-refractivity contribution in [1.29, 1.82) is 5.26 Å². The Balaban J connectivity index is 1.40. The van der Waals surface area contributed by atoms with Crippen LogP contribution in [0.4, 0.5) is 15.8 Å². The lowest BCUT2D eigenvalue weighted by Gasteiger charge is -2.41. The van der Waals surface area contributed by atoms with E-state index in [9.17, 15) is 28.8 Å². The van der Waals surface area contributed by atoms with Crippen LogP contribution < -0.4 is 21.3 Å². The summed E-state index contributed by atoms with van der Waals surface area (Å²) in [6.07, 6.45) is 3.22. The third kappa shape index (κ3) is 4.65. The molecule has 4 aliphatic rings. The number of fused-ring (bicyclic) bond motifs is 5. The minimum absolute atomic E-state index is 0.0512. The van der Waals surface area contributed by atoms with Gasteiger partial charge in [-0.1, -0.05) is 38.1 Å². The third-order valence-electron chi connectivity index (χ3n) is 9.40. The second-order valence-corrected chi connectivity index (χ2v) is 12.6. The van der Waals surface area contributed by atoms with Crippen LogP contribution in [0.1, 0.15) is 50.2 Å². The summed E-state index contributed by atoms with van der Waals surface area (Å²) in [6.45, 7) is 3.74. The minimum atomic E-state index is -1.38. The maximum atomic E-state index is 14.8. The summed E-state index contributed by atoms with van der Waals surface area (Å²) in [4.78, 5) is 62.1. The molecule has 0 aromatic heterocycles. The van der Waals surface area contributed by atoms with Crippen LogP contribution in [0, 0.1) is 23.1 Å². The predicted molar refractivity (Wildman–Crippen MR) is 165 cm³/mol. The van der Waals surface area contributed by atoms with Crippen LogP contribution in [0.5, 0.6) is 0 Å². The van der Waals surface area contributed by atoms with Crippen molar-refractivity contribution in [3.05, 3.63) is 71.2 Å². The third-order valence-corrected chi connectivity index (χ3v) is 9.40. The topological polar surface area (TPSA) is 161 Å². The Morgan fingerprint density at radius 2 is 2.00 bits per heavy atom. The van der Waals surface area contributed by atoms with Gasteiger partial charge in [-0.25, -0.2) is 4.39 Å². The van der Waals surface area contributed by atoms with Gasteiger partial charge in [-0.2, -0.15) is 5.26 Å². The number of halogens is 1. The van der Waals surface area contributed by atoms with Gasteiger partial charge >= 0.3 is 0 Å². The lowest BCUT2D eigenvalue weighted by atomic mass is 9.80. The summed E-state index contributed by atoms with van der Waals surface area (Å²) in [6, 6.07) is 11.4. The fourth-order valence-corrected chi connectivity index (χ4v) is 7.17. The first-order valence-electron chi connectivity index (χ1n) is 14.9. The van der Waals surface area contributed by atoms with Crippen molar-refractivity contribution in [1.82, 2.24) is 10.2 Å². The Hall–Kier alpha value is -5.05. The maximum absolute atomic E-state index is 14.8. The van der Waals surface area contributed by atoms with Crippen LogP contribution in [-0.2, 0) is 24.6 Å². The van der Waals surface area contributed by atoms with E-state index in [4.69, 9.17) is 5.73 Å². The SMILES string of the molecule is CN=CC=C(N)C(=O)NC12CC1c1ccc(F)cc1N([C@@H](CC(C)C)C(=O)N1C[C@]3(C[C@H]1C#N)C(=O)Nc1ccccc13)C2=O. The van der Waals surface area contributed by atoms with Gasteiger partial charge in [0.05, 0.1) is 22.9 Å². The number of aliphatic imine (C=N–C) groups is 1. The molecule has 3 heterocycles. The van der Waals surface area contributed by atoms with E-state index in [-0.39, 0.29) is 49.0 Å². The summed E-state index contributed by atoms with van der Waals surface area (Å²) in [5.74, 6) is -3.15. The number of allylic oxidation sites excluding steroid dienone is 1.